The molecule has 4 heteroatoms. The fourth-order valence-corrected chi connectivity index (χ4v) is 1.90. The van der Waals surface area contributed by atoms with Crippen molar-refractivity contribution >= 4 is 23.2 Å². The number of carbonyl (C=O) groups excluding carboxylic acids is 1. The average Bonchev–Trinajstić information content (AvgIpc) is 2.28. The van der Waals surface area contributed by atoms with Crippen LogP contribution >= 0.6 is 11.6 Å². The van der Waals surface area contributed by atoms with Crippen molar-refractivity contribution in [2.24, 2.45) is 5.92 Å². The Balaban J connectivity index is 2.63. The quantitative estimate of drug-likeness (QED) is 0.794. The van der Waals surface area contributed by atoms with E-state index in [-0.39, 0.29) is 5.91 Å². The van der Waals surface area contributed by atoms with Crippen molar-refractivity contribution in [2.45, 2.75) is 26.7 Å². The standard InChI is InChI=1S/C13H19ClN2O/c1-3-9(4-2)8-16-13(17)10-5-11(14)7-12(15)6-10/h5-7,9H,3-4,8,15H2,1-2H3,(H,16,17). The van der Waals surface area contributed by atoms with E-state index in [1.807, 2.05) is 0 Å². The van der Waals surface area contributed by atoms with Gasteiger partial charge in [0.25, 0.3) is 5.91 Å². The second kappa shape index (κ2) is 6.50. The van der Waals surface area contributed by atoms with Crippen molar-refractivity contribution in [3.8, 4) is 0 Å². The molecule has 0 spiro atoms. The first-order valence-electron chi connectivity index (χ1n) is 5.91. The molecule has 0 aliphatic carbocycles. The molecule has 0 radical (unpaired) electrons. The molecule has 1 aromatic carbocycles. The molecule has 0 aromatic heterocycles. The van der Waals surface area contributed by atoms with Crippen LogP contribution in [0.5, 0.6) is 0 Å². The molecular weight excluding hydrogens is 236 g/mol. The number of hydrogen-bond donors (Lipinski definition) is 2. The number of benzene rings is 1. The summed E-state index contributed by atoms with van der Waals surface area (Å²) in [4.78, 5) is 11.9. The maximum Gasteiger partial charge on any atom is 0.251 e. The molecule has 0 atom stereocenters. The second-order valence-electron chi connectivity index (χ2n) is 4.17. The minimum atomic E-state index is -0.119. The van der Waals surface area contributed by atoms with E-state index < -0.39 is 0 Å². The molecule has 0 aliphatic rings. The zero-order valence-electron chi connectivity index (χ0n) is 10.3. The van der Waals surface area contributed by atoms with Crippen LogP contribution in [-0.2, 0) is 0 Å². The summed E-state index contributed by atoms with van der Waals surface area (Å²) in [6.07, 6.45) is 2.13. The third kappa shape index (κ3) is 4.27. The van der Waals surface area contributed by atoms with Crippen molar-refractivity contribution in [1.82, 2.24) is 5.32 Å². The molecule has 1 amide bonds. The van der Waals surface area contributed by atoms with Crippen LogP contribution in [0.3, 0.4) is 0 Å². The van der Waals surface area contributed by atoms with Crippen LogP contribution < -0.4 is 11.1 Å². The van der Waals surface area contributed by atoms with Crippen molar-refractivity contribution in [3.05, 3.63) is 28.8 Å². The molecule has 0 fully saturated rings. The zero-order chi connectivity index (χ0) is 12.8. The minimum absolute atomic E-state index is 0.119. The molecule has 0 saturated heterocycles. The van der Waals surface area contributed by atoms with Gasteiger partial charge in [-0.2, -0.15) is 0 Å². The highest BCUT2D eigenvalue weighted by molar-refractivity contribution is 6.31. The first-order chi connectivity index (χ1) is 8.06. The van der Waals surface area contributed by atoms with Crippen LogP contribution in [0.25, 0.3) is 0 Å². The van der Waals surface area contributed by atoms with Crippen molar-refractivity contribution in [3.63, 3.8) is 0 Å². The predicted molar refractivity (Wildman–Crippen MR) is 72.3 cm³/mol. The Morgan fingerprint density at radius 2 is 2.00 bits per heavy atom. The van der Waals surface area contributed by atoms with E-state index in [2.05, 4.69) is 19.2 Å². The number of anilines is 1. The Morgan fingerprint density at radius 3 is 2.53 bits per heavy atom. The maximum absolute atomic E-state index is 11.9. The number of rotatable bonds is 5. The zero-order valence-corrected chi connectivity index (χ0v) is 11.1. The van der Waals surface area contributed by atoms with Crippen molar-refractivity contribution in [2.75, 3.05) is 12.3 Å². The van der Waals surface area contributed by atoms with E-state index in [9.17, 15) is 4.79 Å². The van der Waals surface area contributed by atoms with Crippen LogP contribution in [0.1, 0.15) is 37.0 Å². The molecule has 94 valence electrons. The lowest BCUT2D eigenvalue weighted by Gasteiger charge is -2.13. The van der Waals surface area contributed by atoms with Gasteiger partial charge in [0.1, 0.15) is 0 Å². The molecule has 1 rings (SSSR count). The summed E-state index contributed by atoms with van der Waals surface area (Å²) >= 11 is 5.85. The van der Waals surface area contributed by atoms with Gasteiger partial charge in [0.2, 0.25) is 0 Å². The molecule has 1 aromatic rings. The lowest BCUT2D eigenvalue weighted by Crippen LogP contribution is -2.28. The molecule has 0 unspecified atom stereocenters. The molecule has 0 bridgehead atoms. The SMILES string of the molecule is CCC(CC)CNC(=O)c1cc(N)cc(Cl)c1. The van der Waals surface area contributed by atoms with E-state index in [4.69, 9.17) is 17.3 Å². The fourth-order valence-electron chi connectivity index (χ4n) is 1.66. The van der Waals surface area contributed by atoms with Crippen LogP contribution in [0.2, 0.25) is 5.02 Å². The summed E-state index contributed by atoms with van der Waals surface area (Å²) < 4.78 is 0. The largest absolute Gasteiger partial charge is 0.399 e. The lowest BCUT2D eigenvalue weighted by atomic mass is 10.0. The number of amides is 1. The lowest BCUT2D eigenvalue weighted by molar-refractivity contribution is 0.0946. The molecule has 3 N–H and O–H groups in total. The summed E-state index contributed by atoms with van der Waals surface area (Å²) in [5, 5.41) is 3.39. The van der Waals surface area contributed by atoms with E-state index >= 15 is 0 Å². The van der Waals surface area contributed by atoms with E-state index in [0.717, 1.165) is 12.8 Å². The van der Waals surface area contributed by atoms with Crippen LogP contribution in [-0.4, -0.2) is 12.5 Å². The van der Waals surface area contributed by atoms with Gasteiger partial charge >= 0.3 is 0 Å². The minimum Gasteiger partial charge on any atom is -0.399 e. The number of nitrogens with one attached hydrogen (secondary N) is 1. The average molecular weight is 255 g/mol. The number of nitrogen functional groups attached to an aromatic ring is 1. The van der Waals surface area contributed by atoms with Gasteiger partial charge in [-0.05, 0) is 24.1 Å². The third-order valence-electron chi connectivity index (χ3n) is 2.89. The van der Waals surface area contributed by atoms with Gasteiger partial charge in [-0.25, -0.2) is 0 Å². The van der Waals surface area contributed by atoms with Crippen LogP contribution in [0, 0.1) is 5.92 Å². The Morgan fingerprint density at radius 1 is 1.35 bits per heavy atom. The fraction of sp³-hybridized carbons (Fsp3) is 0.462. The van der Waals surface area contributed by atoms with Gasteiger partial charge in [0.05, 0.1) is 0 Å². The smallest absolute Gasteiger partial charge is 0.251 e. The van der Waals surface area contributed by atoms with Gasteiger partial charge < -0.3 is 11.1 Å². The summed E-state index contributed by atoms with van der Waals surface area (Å²) in [6.45, 7) is 4.94. The highest BCUT2D eigenvalue weighted by Crippen LogP contribution is 2.16. The molecular formula is C13H19ClN2O. The van der Waals surface area contributed by atoms with Crippen molar-refractivity contribution < 1.29 is 4.79 Å². The summed E-state index contributed by atoms with van der Waals surface area (Å²) in [6, 6.07) is 4.88. The van der Waals surface area contributed by atoms with Gasteiger partial charge in [0.15, 0.2) is 0 Å². The Kier molecular flexibility index (Phi) is 5.29. The molecule has 0 saturated carbocycles. The normalized spacial score (nSPS) is 10.6. The van der Waals surface area contributed by atoms with Crippen molar-refractivity contribution in [1.29, 1.82) is 0 Å². The first kappa shape index (κ1) is 13.8. The van der Waals surface area contributed by atoms with E-state index in [1.165, 1.54) is 0 Å². The summed E-state index contributed by atoms with van der Waals surface area (Å²) in [5.41, 5.74) is 6.66. The van der Waals surface area contributed by atoms with Gasteiger partial charge in [-0.3, -0.25) is 4.79 Å². The number of carbonyl (C=O) groups is 1. The summed E-state index contributed by atoms with van der Waals surface area (Å²) in [7, 11) is 0. The van der Waals surface area contributed by atoms with Gasteiger partial charge in [-0.15, -0.1) is 0 Å². The first-order valence-corrected chi connectivity index (χ1v) is 6.28. The molecule has 0 heterocycles. The van der Waals surface area contributed by atoms with Crippen LogP contribution in [0.4, 0.5) is 5.69 Å². The number of hydrogen-bond acceptors (Lipinski definition) is 2. The molecule has 0 aliphatic heterocycles. The van der Waals surface area contributed by atoms with E-state index in [0.29, 0.717) is 28.7 Å². The monoisotopic (exact) mass is 254 g/mol. The predicted octanol–water partition coefficient (Wildman–Crippen LogP) is 3.09. The highest BCUT2D eigenvalue weighted by Gasteiger charge is 2.09. The highest BCUT2D eigenvalue weighted by atomic mass is 35.5. The number of nitrogens with two attached hydrogens (primary N) is 1. The van der Waals surface area contributed by atoms with Gasteiger partial charge in [-0.1, -0.05) is 38.3 Å². The Hall–Kier alpha value is -1.22. The van der Waals surface area contributed by atoms with Crippen LogP contribution in [0.15, 0.2) is 18.2 Å². The summed E-state index contributed by atoms with van der Waals surface area (Å²) in [5.74, 6) is 0.404. The maximum atomic E-state index is 11.9. The topological polar surface area (TPSA) is 55.1 Å². The molecule has 3 nitrogen and oxygen atoms in total. The van der Waals surface area contributed by atoms with Gasteiger partial charge in [0, 0.05) is 22.8 Å². The number of halogens is 1. The Bertz CT molecular complexity index is 369. The Labute approximate surface area is 107 Å². The molecule has 17 heavy (non-hydrogen) atoms. The van der Waals surface area contributed by atoms with E-state index in [1.54, 1.807) is 18.2 Å². The second-order valence-corrected chi connectivity index (χ2v) is 4.60. The third-order valence-corrected chi connectivity index (χ3v) is 3.11.